The van der Waals surface area contributed by atoms with Crippen LogP contribution in [0.25, 0.3) is 0 Å². The van der Waals surface area contributed by atoms with Crippen LogP contribution in [0.1, 0.15) is 17.8 Å². The molecule has 0 bridgehead atoms. The molecular weight excluding hydrogens is 266 g/mol. The fourth-order valence-corrected chi connectivity index (χ4v) is 2.85. The Morgan fingerprint density at radius 2 is 2.24 bits per heavy atom. The number of nitrogens with zero attached hydrogens (tertiary/aromatic N) is 2. The molecule has 1 aliphatic rings. The first-order valence-corrected chi connectivity index (χ1v) is 7.12. The van der Waals surface area contributed by atoms with E-state index in [2.05, 4.69) is 10.3 Å². The van der Waals surface area contributed by atoms with E-state index in [1.165, 1.54) is 5.69 Å². The Hall–Kier alpha value is -2.30. The molecular formula is C16H19N3O2. The first-order valence-electron chi connectivity index (χ1n) is 7.12. The molecule has 1 aliphatic carbocycles. The number of amides is 1. The molecule has 5 heteroatoms. The summed E-state index contributed by atoms with van der Waals surface area (Å²) in [5.41, 5.74) is 3.01. The molecule has 0 aliphatic heterocycles. The molecule has 0 saturated heterocycles. The highest BCUT2D eigenvalue weighted by atomic mass is 16.5. The van der Waals surface area contributed by atoms with E-state index in [1.807, 2.05) is 42.2 Å². The summed E-state index contributed by atoms with van der Waals surface area (Å²) in [4.78, 5) is 16.8. The third kappa shape index (κ3) is 2.63. The van der Waals surface area contributed by atoms with Crippen LogP contribution < -0.4 is 10.1 Å². The van der Waals surface area contributed by atoms with Crippen LogP contribution in [0.2, 0.25) is 0 Å². The van der Waals surface area contributed by atoms with Crippen LogP contribution in [0.4, 0.5) is 5.69 Å². The SMILES string of the molecule is COc1ccccc1NC(=O)C1CCc2c(ncn2C)C1. The van der Waals surface area contributed by atoms with Gasteiger partial charge >= 0.3 is 0 Å². The fraction of sp³-hybridized carbons (Fsp3) is 0.375. The second kappa shape index (κ2) is 5.60. The number of carbonyl (C=O) groups is 1. The van der Waals surface area contributed by atoms with Gasteiger partial charge in [0.1, 0.15) is 5.75 Å². The molecule has 1 aromatic heterocycles. The van der Waals surface area contributed by atoms with Crippen LogP contribution >= 0.6 is 0 Å². The zero-order valence-electron chi connectivity index (χ0n) is 12.3. The number of hydrogen-bond donors (Lipinski definition) is 1. The van der Waals surface area contributed by atoms with E-state index in [4.69, 9.17) is 4.74 Å². The highest BCUT2D eigenvalue weighted by molar-refractivity contribution is 5.94. The van der Waals surface area contributed by atoms with Gasteiger partial charge in [0, 0.05) is 25.1 Å². The van der Waals surface area contributed by atoms with Crippen LogP contribution in [0.15, 0.2) is 30.6 Å². The van der Waals surface area contributed by atoms with E-state index in [0.29, 0.717) is 12.2 Å². The topological polar surface area (TPSA) is 56.1 Å². The minimum atomic E-state index is -0.0303. The molecule has 21 heavy (non-hydrogen) atoms. The van der Waals surface area contributed by atoms with Crippen LogP contribution in [0.3, 0.4) is 0 Å². The van der Waals surface area contributed by atoms with Gasteiger partial charge in [-0.1, -0.05) is 12.1 Å². The Morgan fingerprint density at radius 3 is 3.05 bits per heavy atom. The molecule has 3 rings (SSSR count). The van der Waals surface area contributed by atoms with Crippen molar-refractivity contribution >= 4 is 11.6 Å². The molecule has 2 aromatic rings. The molecule has 0 saturated carbocycles. The number of aromatic nitrogens is 2. The van der Waals surface area contributed by atoms with Gasteiger partial charge in [0.2, 0.25) is 5.91 Å². The second-order valence-corrected chi connectivity index (χ2v) is 5.38. The van der Waals surface area contributed by atoms with Crippen molar-refractivity contribution in [1.82, 2.24) is 9.55 Å². The fourth-order valence-electron chi connectivity index (χ4n) is 2.85. The number of carbonyl (C=O) groups excluding carboxylic acids is 1. The number of anilines is 1. The summed E-state index contributed by atoms with van der Waals surface area (Å²) < 4.78 is 7.31. The van der Waals surface area contributed by atoms with Crippen molar-refractivity contribution in [2.24, 2.45) is 13.0 Å². The third-order valence-electron chi connectivity index (χ3n) is 4.05. The van der Waals surface area contributed by atoms with Gasteiger partial charge in [0.05, 0.1) is 24.8 Å². The van der Waals surface area contributed by atoms with E-state index < -0.39 is 0 Å². The summed E-state index contributed by atoms with van der Waals surface area (Å²) in [5.74, 6) is 0.688. The first kappa shape index (κ1) is 13.7. The summed E-state index contributed by atoms with van der Waals surface area (Å²) in [6, 6.07) is 7.46. The maximum absolute atomic E-state index is 12.5. The van der Waals surface area contributed by atoms with Gasteiger partial charge in [0.15, 0.2) is 0 Å². The maximum Gasteiger partial charge on any atom is 0.227 e. The Balaban J connectivity index is 1.72. The lowest BCUT2D eigenvalue weighted by atomic mass is 9.89. The highest BCUT2D eigenvalue weighted by Gasteiger charge is 2.27. The van der Waals surface area contributed by atoms with E-state index in [1.54, 1.807) is 7.11 Å². The van der Waals surface area contributed by atoms with Crippen molar-refractivity contribution in [3.8, 4) is 5.75 Å². The largest absolute Gasteiger partial charge is 0.495 e. The molecule has 1 atom stereocenters. The Kier molecular flexibility index (Phi) is 3.64. The molecule has 1 aromatic carbocycles. The zero-order chi connectivity index (χ0) is 14.8. The number of para-hydroxylation sites is 2. The van der Waals surface area contributed by atoms with Crippen molar-refractivity contribution in [2.45, 2.75) is 19.3 Å². The van der Waals surface area contributed by atoms with Gasteiger partial charge in [-0.25, -0.2) is 4.98 Å². The van der Waals surface area contributed by atoms with Gasteiger partial charge in [-0.15, -0.1) is 0 Å². The molecule has 1 unspecified atom stereocenters. The summed E-state index contributed by atoms with van der Waals surface area (Å²) in [5, 5.41) is 2.97. The predicted molar refractivity (Wildman–Crippen MR) is 80.3 cm³/mol. The summed E-state index contributed by atoms with van der Waals surface area (Å²) in [6.45, 7) is 0. The van der Waals surface area contributed by atoms with Crippen molar-refractivity contribution in [2.75, 3.05) is 12.4 Å². The van der Waals surface area contributed by atoms with Crippen molar-refractivity contribution < 1.29 is 9.53 Å². The average molecular weight is 285 g/mol. The molecule has 0 spiro atoms. The molecule has 1 amide bonds. The number of hydrogen-bond acceptors (Lipinski definition) is 3. The number of methoxy groups -OCH3 is 1. The van der Waals surface area contributed by atoms with Crippen LogP contribution in [-0.4, -0.2) is 22.6 Å². The highest BCUT2D eigenvalue weighted by Crippen LogP contribution is 2.28. The van der Waals surface area contributed by atoms with Gasteiger partial charge < -0.3 is 14.6 Å². The smallest absolute Gasteiger partial charge is 0.227 e. The van der Waals surface area contributed by atoms with Gasteiger partial charge in [-0.2, -0.15) is 0 Å². The van der Waals surface area contributed by atoms with E-state index >= 15 is 0 Å². The lowest BCUT2D eigenvalue weighted by Crippen LogP contribution is -2.28. The quantitative estimate of drug-likeness (QED) is 0.940. The molecule has 5 nitrogen and oxygen atoms in total. The van der Waals surface area contributed by atoms with Crippen molar-refractivity contribution in [1.29, 1.82) is 0 Å². The van der Waals surface area contributed by atoms with Crippen LogP contribution in [0, 0.1) is 5.92 Å². The zero-order valence-corrected chi connectivity index (χ0v) is 12.3. The van der Waals surface area contributed by atoms with Crippen LogP contribution in [-0.2, 0) is 24.7 Å². The van der Waals surface area contributed by atoms with Gasteiger partial charge in [-0.3, -0.25) is 4.79 Å². The Labute approximate surface area is 124 Å². The number of rotatable bonds is 3. The minimum Gasteiger partial charge on any atom is -0.495 e. The van der Waals surface area contributed by atoms with E-state index in [-0.39, 0.29) is 11.8 Å². The Bertz CT molecular complexity index is 663. The minimum absolute atomic E-state index is 0.0303. The number of fused-ring (bicyclic) bond motifs is 1. The number of aryl methyl sites for hydroxylation is 1. The monoisotopic (exact) mass is 285 g/mol. The lowest BCUT2D eigenvalue weighted by molar-refractivity contribution is -0.120. The van der Waals surface area contributed by atoms with Gasteiger partial charge in [0.25, 0.3) is 0 Å². The van der Waals surface area contributed by atoms with Crippen molar-refractivity contribution in [3.05, 3.63) is 42.0 Å². The number of ether oxygens (including phenoxy) is 1. The number of benzene rings is 1. The molecule has 0 radical (unpaired) electrons. The standard InChI is InChI=1S/C16H19N3O2/c1-19-10-17-13-9-11(7-8-14(13)19)16(20)18-12-5-3-4-6-15(12)21-2/h3-6,10-11H,7-9H2,1-2H3,(H,18,20). The lowest BCUT2D eigenvalue weighted by Gasteiger charge is -2.22. The van der Waals surface area contributed by atoms with Gasteiger partial charge in [-0.05, 0) is 25.0 Å². The maximum atomic E-state index is 12.5. The molecule has 110 valence electrons. The summed E-state index contributed by atoms with van der Waals surface area (Å²) in [7, 11) is 3.60. The molecule has 0 fully saturated rings. The normalized spacial score (nSPS) is 17.1. The predicted octanol–water partition coefficient (Wildman–Crippen LogP) is 2.17. The molecule has 1 N–H and O–H groups in total. The van der Waals surface area contributed by atoms with Crippen LogP contribution in [0.5, 0.6) is 5.75 Å². The van der Waals surface area contributed by atoms with Crippen molar-refractivity contribution in [3.63, 3.8) is 0 Å². The Morgan fingerprint density at radius 1 is 1.43 bits per heavy atom. The first-order chi connectivity index (χ1) is 10.2. The van der Waals surface area contributed by atoms with E-state index in [9.17, 15) is 4.79 Å². The number of nitrogens with one attached hydrogen (secondary N) is 1. The summed E-state index contributed by atoms with van der Waals surface area (Å²) >= 11 is 0. The third-order valence-corrected chi connectivity index (χ3v) is 4.05. The molecule has 1 heterocycles. The second-order valence-electron chi connectivity index (χ2n) is 5.38. The average Bonchev–Trinajstić information content (AvgIpc) is 2.88. The summed E-state index contributed by atoms with van der Waals surface area (Å²) in [6.07, 6.45) is 4.28. The van der Waals surface area contributed by atoms with E-state index in [0.717, 1.165) is 24.2 Å². The number of imidazole rings is 1.